The highest BCUT2D eigenvalue weighted by atomic mass is 35.5. The van der Waals surface area contributed by atoms with Crippen LogP contribution in [0.5, 0.6) is 5.75 Å². The molecule has 1 N–H and O–H groups in total. The fourth-order valence-electron chi connectivity index (χ4n) is 3.30. The van der Waals surface area contributed by atoms with Gasteiger partial charge in [-0.25, -0.2) is 19.1 Å². The number of H-pyrrole nitrogens is 1. The average molecular weight is 501 g/mol. The Morgan fingerprint density at radius 3 is 2.49 bits per heavy atom. The van der Waals surface area contributed by atoms with Gasteiger partial charge in [-0.15, -0.1) is 0 Å². The minimum absolute atomic E-state index is 0.0613. The Labute approximate surface area is 207 Å². The summed E-state index contributed by atoms with van der Waals surface area (Å²) in [5.74, 6) is 0.0422. The highest BCUT2D eigenvalue weighted by molar-refractivity contribution is 6.32. The third-order valence-electron chi connectivity index (χ3n) is 5.10. The van der Waals surface area contributed by atoms with E-state index in [9.17, 15) is 14.4 Å². The minimum atomic E-state index is -0.674. The molecule has 9 nitrogen and oxygen atoms in total. The Morgan fingerprint density at radius 1 is 1.09 bits per heavy atom. The van der Waals surface area contributed by atoms with E-state index in [0.717, 1.165) is 22.1 Å². The maximum absolute atomic E-state index is 13.3. The summed E-state index contributed by atoms with van der Waals surface area (Å²) in [4.78, 5) is 45.0. The number of aryl methyl sites for hydroxylation is 1. The van der Waals surface area contributed by atoms with Gasteiger partial charge in [0.15, 0.2) is 0 Å². The second-order valence-electron chi connectivity index (χ2n) is 7.89. The van der Waals surface area contributed by atoms with Gasteiger partial charge in [0.25, 0.3) is 0 Å². The maximum atomic E-state index is 13.3. The molecule has 3 aromatic rings. The Balaban J connectivity index is 2.08. The Bertz CT molecular complexity index is 1360. The lowest BCUT2D eigenvalue weighted by Crippen LogP contribution is -2.50. The van der Waals surface area contributed by atoms with Crippen molar-refractivity contribution in [2.75, 3.05) is 13.2 Å². The molecule has 10 heteroatoms. The molecule has 0 atom stereocenters. The van der Waals surface area contributed by atoms with E-state index < -0.39 is 17.3 Å². The molecule has 0 aliphatic carbocycles. The van der Waals surface area contributed by atoms with Crippen LogP contribution in [0.3, 0.4) is 0 Å². The Morgan fingerprint density at radius 2 is 1.83 bits per heavy atom. The molecule has 2 aromatic carbocycles. The summed E-state index contributed by atoms with van der Waals surface area (Å²) >= 11 is 6.33. The van der Waals surface area contributed by atoms with Gasteiger partial charge in [-0.1, -0.05) is 48.4 Å². The van der Waals surface area contributed by atoms with E-state index in [2.05, 4.69) is 9.98 Å². The van der Waals surface area contributed by atoms with Crippen molar-refractivity contribution in [3.63, 3.8) is 0 Å². The predicted molar refractivity (Wildman–Crippen MR) is 133 cm³/mol. The smallest absolute Gasteiger partial charge is 0.335 e. The second kappa shape index (κ2) is 12.2. The van der Waals surface area contributed by atoms with Crippen LogP contribution in [0.15, 0.2) is 57.0 Å². The lowest BCUT2D eigenvalue weighted by molar-refractivity contribution is -0.143. The molecule has 186 valence electrons. The number of carbonyl (C=O) groups is 1. The van der Waals surface area contributed by atoms with Crippen LogP contribution in [-0.4, -0.2) is 33.3 Å². The van der Waals surface area contributed by atoms with E-state index in [1.807, 2.05) is 38.1 Å². The summed E-state index contributed by atoms with van der Waals surface area (Å²) < 4.78 is 12.8. The number of esters is 1. The van der Waals surface area contributed by atoms with Crippen molar-refractivity contribution in [2.45, 2.75) is 46.7 Å². The van der Waals surface area contributed by atoms with Crippen LogP contribution in [0.1, 0.15) is 37.8 Å². The van der Waals surface area contributed by atoms with Crippen LogP contribution in [0.2, 0.25) is 5.02 Å². The van der Waals surface area contributed by atoms with Gasteiger partial charge in [0.05, 0.1) is 36.9 Å². The maximum Gasteiger partial charge on any atom is 0.335 e. The fraction of sp³-hybridized carbons (Fsp3) is 0.360. The van der Waals surface area contributed by atoms with Crippen molar-refractivity contribution in [3.05, 3.63) is 85.2 Å². The van der Waals surface area contributed by atoms with Crippen molar-refractivity contribution in [1.29, 1.82) is 0 Å². The van der Waals surface area contributed by atoms with Crippen LogP contribution in [0.25, 0.3) is 0 Å². The van der Waals surface area contributed by atoms with Crippen LogP contribution in [-0.2, 0) is 22.6 Å². The van der Waals surface area contributed by atoms with Gasteiger partial charge in [-0.2, -0.15) is 0 Å². The van der Waals surface area contributed by atoms with Crippen molar-refractivity contribution >= 4 is 23.3 Å². The monoisotopic (exact) mass is 500 g/mol. The van der Waals surface area contributed by atoms with Crippen molar-refractivity contribution in [1.82, 2.24) is 14.1 Å². The van der Waals surface area contributed by atoms with E-state index >= 15 is 0 Å². The zero-order chi connectivity index (χ0) is 25.4. The minimum Gasteiger partial charge on any atom is -0.492 e. The van der Waals surface area contributed by atoms with Gasteiger partial charge in [-0.3, -0.25) is 14.3 Å². The third-order valence-corrected chi connectivity index (χ3v) is 5.40. The van der Waals surface area contributed by atoms with Gasteiger partial charge in [-0.05, 0) is 44.0 Å². The number of hydrogen-bond donors (Lipinski definition) is 1. The molecule has 0 aliphatic heterocycles. The zero-order valence-corrected chi connectivity index (χ0v) is 20.8. The van der Waals surface area contributed by atoms with Crippen molar-refractivity contribution in [3.8, 4) is 5.75 Å². The molecule has 35 heavy (non-hydrogen) atoms. The molecule has 0 amide bonds. The number of aromatic amines is 1. The molecular weight excluding hydrogens is 472 g/mol. The van der Waals surface area contributed by atoms with Crippen LogP contribution >= 0.6 is 11.6 Å². The lowest BCUT2D eigenvalue weighted by atomic mass is 10.1. The quantitative estimate of drug-likeness (QED) is 0.430. The number of aromatic nitrogens is 3. The van der Waals surface area contributed by atoms with Gasteiger partial charge >= 0.3 is 17.3 Å². The number of halogens is 1. The van der Waals surface area contributed by atoms with E-state index in [4.69, 9.17) is 21.1 Å². The third kappa shape index (κ3) is 6.95. The molecule has 0 spiro atoms. The average Bonchev–Trinajstić information content (AvgIpc) is 2.82. The van der Waals surface area contributed by atoms with E-state index in [-0.39, 0.29) is 31.7 Å². The molecule has 1 aromatic heterocycles. The normalized spacial score (nSPS) is 11.5. The van der Waals surface area contributed by atoms with Gasteiger partial charge < -0.3 is 9.47 Å². The predicted octanol–water partition coefficient (Wildman–Crippen LogP) is 3.32. The van der Waals surface area contributed by atoms with E-state index in [1.54, 1.807) is 25.1 Å². The summed E-state index contributed by atoms with van der Waals surface area (Å²) in [5.41, 5.74) is 1.16. The largest absolute Gasteiger partial charge is 0.492 e. The molecule has 0 unspecified atom stereocenters. The van der Waals surface area contributed by atoms with Gasteiger partial charge in [0.1, 0.15) is 5.75 Å². The molecule has 1 heterocycles. The number of nitrogens with one attached hydrogen (secondary N) is 1. The first kappa shape index (κ1) is 26.0. The number of rotatable bonds is 10. The topological polar surface area (TPSA) is 108 Å². The molecule has 0 saturated carbocycles. The van der Waals surface area contributed by atoms with Crippen LogP contribution < -0.4 is 21.7 Å². The molecule has 0 bridgehead atoms. The molecule has 0 aliphatic rings. The van der Waals surface area contributed by atoms with Crippen LogP contribution in [0.4, 0.5) is 5.69 Å². The summed E-state index contributed by atoms with van der Waals surface area (Å²) in [6.07, 6.45) is 0.738. The lowest BCUT2D eigenvalue weighted by Gasteiger charge is -2.11. The van der Waals surface area contributed by atoms with E-state index in [1.165, 1.54) is 4.57 Å². The number of ether oxygens (including phenoxy) is 2. The number of carbonyl (C=O) groups excluding carboxylic acids is 1. The first-order valence-electron chi connectivity index (χ1n) is 11.4. The van der Waals surface area contributed by atoms with Crippen molar-refractivity contribution in [2.24, 2.45) is 4.99 Å². The fourth-order valence-corrected chi connectivity index (χ4v) is 3.53. The van der Waals surface area contributed by atoms with Crippen LogP contribution in [0, 0.1) is 6.92 Å². The SMILES string of the molecule is CCCOc1ccc(/N=c2\[nH]c(=O)n(CCC(=O)OCC)c(=O)n2Cc2ccc(C)cc2)cc1Cl. The first-order chi connectivity index (χ1) is 16.8. The summed E-state index contributed by atoms with van der Waals surface area (Å²) in [7, 11) is 0. The number of nitrogens with zero attached hydrogens (tertiary/aromatic N) is 3. The zero-order valence-electron chi connectivity index (χ0n) is 20.0. The number of hydrogen-bond acceptors (Lipinski definition) is 6. The molecular formula is C25H29ClN4O5. The first-order valence-corrected chi connectivity index (χ1v) is 11.8. The summed E-state index contributed by atoms with van der Waals surface area (Å²) in [5, 5.41) is 0.370. The van der Waals surface area contributed by atoms with Gasteiger partial charge in [0, 0.05) is 6.54 Å². The Hall–Kier alpha value is -3.59. The molecule has 0 radical (unpaired) electrons. The summed E-state index contributed by atoms with van der Waals surface area (Å²) in [6.45, 7) is 6.46. The highest BCUT2D eigenvalue weighted by Gasteiger charge is 2.12. The standard InChI is InChI=1S/C25H29ClN4O5/c1-4-14-35-21-11-10-19(15-20(21)26)27-23-28-24(32)29(13-12-22(31)34-5-2)25(33)30(23)16-18-8-6-17(3)7-9-18/h6-11,15H,4-5,12-14,16H2,1-3H3,(H,27,28,32). The molecule has 0 saturated heterocycles. The van der Waals surface area contributed by atoms with Crippen molar-refractivity contribution < 1.29 is 14.3 Å². The number of benzene rings is 2. The summed E-state index contributed by atoms with van der Waals surface area (Å²) in [6, 6.07) is 12.7. The van der Waals surface area contributed by atoms with E-state index in [0.29, 0.717) is 23.1 Å². The van der Waals surface area contributed by atoms with Gasteiger partial charge in [0.2, 0.25) is 5.62 Å². The highest BCUT2D eigenvalue weighted by Crippen LogP contribution is 2.28. The molecule has 3 rings (SSSR count). The second-order valence-corrected chi connectivity index (χ2v) is 8.30. The molecule has 0 fully saturated rings. The Kier molecular flexibility index (Phi) is 9.08.